The fourth-order valence-electron chi connectivity index (χ4n) is 6.66. The van der Waals surface area contributed by atoms with Crippen LogP contribution in [-0.4, -0.2) is 0 Å². The van der Waals surface area contributed by atoms with Crippen LogP contribution >= 0.6 is 0 Å². The van der Waals surface area contributed by atoms with Gasteiger partial charge in [0.1, 0.15) is 0 Å². The van der Waals surface area contributed by atoms with Gasteiger partial charge in [-0.2, -0.15) is 0 Å². The van der Waals surface area contributed by atoms with E-state index in [9.17, 15) is 0 Å². The Balaban J connectivity index is 1.60. The molecule has 0 heterocycles. The van der Waals surface area contributed by atoms with E-state index in [0.29, 0.717) is 0 Å². The second-order valence-electron chi connectivity index (χ2n) is 9.74. The molecule has 0 nitrogen and oxygen atoms in total. The smallest absolute Gasteiger partial charge is 0.0134 e. The predicted molar refractivity (Wildman–Crippen MR) is 109 cm³/mol. The lowest BCUT2D eigenvalue weighted by Crippen LogP contribution is -2.27. The molecule has 0 heteroatoms. The molecule has 25 heavy (non-hydrogen) atoms. The lowest BCUT2D eigenvalue weighted by molar-refractivity contribution is 0.258. The van der Waals surface area contributed by atoms with Crippen LogP contribution in [0.4, 0.5) is 0 Å². The molecule has 1 unspecified atom stereocenters. The zero-order chi connectivity index (χ0) is 17.1. The molecule has 0 amide bonds. The number of hydrogen-bond acceptors (Lipinski definition) is 0. The molecule has 3 saturated carbocycles. The normalized spacial score (nSPS) is 31.2. The quantitative estimate of drug-likeness (QED) is 0.488. The average molecular weight is 341 g/mol. The molecule has 0 aromatic rings. The molecule has 1 atom stereocenters. The van der Waals surface area contributed by atoms with E-state index in [1.54, 1.807) is 0 Å². The standard InChI is InChI=1S/C25H40/c1-19-24(21-13-7-3-8-14-21)17-23(20-11-5-2-6-12-20)18-25(19)22-15-9-4-10-16-22/h17,20-22,25H,2-16,18H2,1H3. The highest BCUT2D eigenvalue weighted by Crippen LogP contribution is 2.47. The molecule has 140 valence electrons. The van der Waals surface area contributed by atoms with E-state index in [1.165, 1.54) is 103 Å². The van der Waals surface area contributed by atoms with Crippen molar-refractivity contribution >= 4 is 0 Å². The van der Waals surface area contributed by atoms with Gasteiger partial charge in [0.05, 0.1) is 0 Å². The minimum absolute atomic E-state index is 0.902. The van der Waals surface area contributed by atoms with Gasteiger partial charge in [0.15, 0.2) is 0 Å². The third kappa shape index (κ3) is 4.09. The Labute approximate surface area is 156 Å². The van der Waals surface area contributed by atoms with Gasteiger partial charge in [0, 0.05) is 0 Å². The monoisotopic (exact) mass is 340 g/mol. The Bertz CT molecular complexity index is 490. The number of rotatable bonds is 3. The van der Waals surface area contributed by atoms with Gasteiger partial charge in [-0.3, -0.25) is 0 Å². The van der Waals surface area contributed by atoms with Crippen LogP contribution < -0.4 is 0 Å². The molecule has 0 N–H and O–H groups in total. The maximum Gasteiger partial charge on any atom is -0.0134 e. The van der Waals surface area contributed by atoms with E-state index in [0.717, 1.165) is 23.7 Å². The third-order valence-electron chi connectivity index (χ3n) is 8.20. The lowest BCUT2D eigenvalue weighted by atomic mass is 9.65. The molecule has 0 aromatic heterocycles. The van der Waals surface area contributed by atoms with Gasteiger partial charge in [0.2, 0.25) is 0 Å². The van der Waals surface area contributed by atoms with Crippen LogP contribution in [-0.2, 0) is 0 Å². The zero-order valence-corrected chi connectivity index (χ0v) is 16.7. The first-order valence-corrected chi connectivity index (χ1v) is 11.7. The van der Waals surface area contributed by atoms with E-state index in [2.05, 4.69) is 13.0 Å². The summed E-state index contributed by atoms with van der Waals surface area (Å²) < 4.78 is 0. The Morgan fingerprint density at radius 3 is 1.76 bits per heavy atom. The van der Waals surface area contributed by atoms with Crippen molar-refractivity contribution in [3.8, 4) is 0 Å². The van der Waals surface area contributed by atoms with Crippen molar-refractivity contribution in [3.05, 3.63) is 22.8 Å². The second-order valence-corrected chi connectivity index (χ2v) is 9.74. The summed E-state index contributed by atoms with van der Waals surface area (Å²) >= 11 is 0. The van der Waals surface area contributed by atoms with E-state index >= 15 is 0 Å². The second kappa shape index (κ2) is 8.45. The fraction of sp³-hybridized carbons (Fsp3) is 0.840. The van der Waals surface area contributed by atoms with Crippen molar-refractivity contribution < 1.29 is 0 Å². The predicted octanol–water partition coefficient (Wildman–Crippen LogP) is 7.99. The van der Waals surface area contributed by atoms with Crippen molar-refractivity contribution in [1.29, 1.82) is 0 Å². The van der Waals surface area contributed by atoms with Crippen LogP contribution in [0.1, 0.15) is 110 Å². The van der Waals surface area contributed by atoms with Crippen molar-refractivity contribution in [1.82, 2.24) is 0 Å². The van der Waals surface area contributed by atoms with Crippen molar-refractivity contribution in [2.24, 2.45) is 23.7 Å². The lowest BCUT2D eigenvalue weighted by Gasteiger charge is -2.40. The van der Waals surface area contributed by atoms with E-state index in [4.69, 9.17) is 0 Å². The highest BCUT2D eigenvalue weighted by atomic mass is 14.4. The minimum atomic E-state index is 0.902. The summed E-state index contributed by atoms with van der Waals surface area (Å²) in [4.78, 5) is 0. The van der Waals surface area contributed by atoms with E-state index in [-0.39, 0.29) is 0 Å². The van der Waals surface area contributed by atoms with Crippen LogP contribution in [0, 0.1) is 23.7 Å². The molecular weight excluding hydrogens is 300 g/mol. The highest BCUT2D eigenvalue weighted by Gasteiger charge is 2.33. The summed E-state index contributed by atoms with van der Waals surface area (Å²) in [7, 11) is 0. The van der Waals surface area contributed by atoms with Crippen molar-refractivity contribution in [3.63, 3.8) is 0 Å². The van der Waals surface area contributed by atoms with Crippen LogP contribution in [0.5, 0.6) is 0 Å². The van der Waals surface area contributed by atoms with Crippen LogP contribution in [0.3, 0.4) is 0 Å². The van der Waals surface area contributed by atoms with Gasteiger partial charge in [0.25, 0.3) is 0 Å². The maximum atomic E-state index is 2.76. The first-order chi connectivity index (χ1) is 12.3. The average Bonchev–Trinajstić information content (AvgIpc) is 2.70. The van der Waals surface area contributed by atoms with Gasteiger partial charge in [-0.25, -0.2) is 0 Å². The molecule has 0 radical (unpaired) electrons. The van der Waals surface area contributed by atoms with Crippen LogP contribution in [0.2, 0.25) is 0 Å². The Kier molecular flexibility index (Phi) is 6.04. The fourth-order valence-corrected chi connectivity index (χ4v) is 6.66. The van der Waals surface area contributed by atoms with Gasteiger partial charge in [-0.05, 0) is 81.1 Å². The summed E-state index contributed by atoms with van der Waals surface area (Å²) in [6, 6.07) is 0. The van der Waals surface area contributed by atoms with Crippen LogP contribution in [0.25, 0.3) is 0 Å². The molecule has 4 aliphatic carbocycles. The van der Waals surface area contributed by atoms with Gasteiger partial charge in [-0.1, -0.05) is 75.0 Å². The largest absolute Gasteiger partial charge is 0.0662 e. The SMILES string of the molecule is CC1=C(C2CCCCC2)C=C(C2CCCCC2)CC1C1CCCCC1. The molecule has 0 bridgehead atoms. The minimum Gasteiger partial charge on any atom is -0.0662 e. The summed E-state index contributed by atoms with van der Waals surface area (Å²) in [6.45, 7) is 2.54. The highest BCUT2D eigenvalue weighted by molar-refractivity contribution is 5.38. The van der Waals surface area contributed by atoms with Crippen molar-refractivity contribution in [2.75, 3.05) is 0 Å². The first-order valence-electron chi connectivity index (χ1n) is 11.7. The number of hydrogen-bond donors (Lipinski definition) is 0. The molecule has 4 aliphatic rings. The molecular formula is C25H40. The summed E-state index contributed by atoms with van der Waals surface area (Å²) in [5.74, 6) is 3.74. The molecule has 3 fully saturated rings. The Morgan fingerprint density at radius 1 is 0.640 bits per heavy atom. The molecule has 4 rings (SSSR count). The maximum absolute atomic E-state index is 2.76. The molecule has 0 aliphatic heterocycles. The summed E-state index contributed by atoms with van der Waals surface area (Å²) in [5.41, 5.74) is 5.56. The molecule has 0 saturated heterocycles. The van der Waals surface area contributed by atoms with E-state index in [1.807, 2.05) is 16.7 Å². The Morgan fingerprint density at radius 2 is 1.16 bits per heavy atom. The number of allylic oxidation sites excluding steroid dienone is 4. The van der Waals surface area contributed by atoms with Crippen LogP contribution in [0.15, 0.2) is 22.8 Å². The Hall–Kier alpha value is -0.520. The molecule has 0 spiro atoms. The topological polar surface area (TPSA) is 0 Å². The first kappa shape index (κ1) is 17.9. The molecule has 0 aromatic carbocycles. The third-order valence-corrected chi connectivity index (χ3v) is 8.20. The van der Waals surface area contributed by atoms with Crippen molar-refractivity contribution in [2.45, 2.75) is 110 Å². The van der Waals surface area contributed by atoms with Gasteiger partial charge in [-0.15, -0.1) is 0 Å². The van der Waals surface area contributed by atoms with Gasteiger partial charge >= 0.3 is 0 Å². The van der Waals surface area contributed by atoms with E-state index < -0.39 is 0 Å². The summed E-state index contributed by atoms with van der Waals surface area (Å²) in [5, 5.41) is 0. The zero-order valence-electron chi connectivity index (χ0n) is 16.7. The summed E-state index contributed by atoms with van der Waals surface area (Å²) in [6.07, 6.45) is 26.5. The van der Waals surface area contributed by atoms with Gasteiger partial charge < -0.3 is 0 Å².